The predicted molar refractivity (Wildman–Crippen MR) is 93.8 cm³/mol. The second-order valence-electron chi connectivity index (χ2n) is 5.77. The molecule has 132 valence electrons. The van der Waals surface area contributed by atoms with E-state index in [9.17, 15) is 9.59 Å². The van der Waals surface area contributed by atoms with E-state index in [4.69, 9.17) is 9.47 Å². The van der Waals surface area contributed by atoms with Gasteiger partial charge in [-0.15, -0.1) is 0 Å². The number of morpholine rings is 1. The topological polar surface area (TPSA) is 72.8 Å². The third kappa shape index (κ3) is 4.39. The number of aromatic nitrogens is 1. The van der Waals surface area contributed by atoms with Crippen molar-refractivity contribution < 1.29 is 19.1 Å². The Morgan fingerprint density at radius 3 is 2.52 bits per heavy atom. The van der Waals surface area contributed by atoms with E-state index in [2.05, 4.69) is 10.2 Å². The predicted octanol–water partition coefficient (Wildman–Crippen LogP) is 1.66. The Hall–Kier alpha value is -2.80. The van der Waals surface area contributed by atoms with Crippen molar-refractivity contribution in [2.75, 3.05) is 43.1 Å². The maximum Gasteiger partial charge on any atom is 0.355 e. The third-order valence-electron chi connectivity index (χ3n) is 4.01. The molecule has 1 saturated heterocycles. The molecular weight excluding hydrogens is 322 g/mol. The zero-order chi connectivity index (χ0) is 17.6. The van der Waals surface area contributed by atoms with Gasteiger partial charge in [-0.1, -0.05) is 0 Å². The fraction of sp³-hybridized carbons (Fsp3) is 0.333. The van der Waals surface area contributed by atoms with Crippen LogP contribution in [0.1, 0.15) is 10.5 Å². The van der Waals surface area contributed by atoms with E-state index in [1.54, 1.807) is 29.9 Å². The quantitative estimate of drug-likeness (QED) is 0.836. The van der Waals surface area contributed by atoms with Crippen LogP contribution in [0.25, 0.3) is 0 Å². The highest BCUT2D eigenvalue weighted by Crippen LogP contribution is 2.19. The van der Waals surface area contributed by atoms with Gasteiger partial charge in [0.25, 0.3) is 5.91 Å². The van der Waals surface area contributed by atoms with E-state index < -0.39 is 5.97 Å². The molecule has 0 unspecified atom stereocenters. The summed E-state index contributed by atoms with van der Waals surface area (Å²) in [4.78, 5) is 26.0. The number of benzene rings is 1. The molecule has 0 saturated carbocycles. The summed E-state index contributed by atoms with van der Waals surface area (Å²) in [6.07, 6.45) is 1.74. The number of hydrogen-bond acceptors (Lipinski definition) is 5. The fourth-order valence-electron chi connectivity index (χ4n) is 2.65. The molecule has 0 atom stereocenters. The Labute approximate surface area is 146 Å². The molecule has 0 radical (unpaired) electrons. The van der Waals surface area contributed by atoms with Crippen LogP contribution in [0.4, 0.5) is 11.4 Å². The first kappa shape index (κ1) is 17.0. The standard InChI is InChI=1S/C18H21N3O4/c1-20-8-2-3-16(20)18(23)25-13-17(22)19-14-4-6-15(7-5-14)21-9-11-24-12-10-21/h2-8H,9-13H2,1H3,(H,19,22). The van der Waals surface area contributed by atoms with E-state index >= 15 is 0 Å². The first-order valence-corrected chi connectivity index (χ1v) is 8.14. The number of carbonyl (C=O) groups is 2. The summed E-state index contributed by atoms with van der Waals surface area (Å²) in [5.74, 6) is -0.896. The number of anilines is 2. The van der Waals surface area contributed by atoms with Crippen molar-refractivity contribution >= 4 is 23.3 Å². The first-order valence-electron chi connectivity index (χ1n) is 8.14. The summed E-state index contributed by atoms with van der Waals surface area (Å²) >= 11 is 0. The van der Waals surface area contributed by atoms with Crippen LogP contribution in [0.3, 0.4) is 0 Å². The molecule has 1 N–H and O–H groups in total. The molecule has 25 heavy (non-hydrogen) atoms. The minimum Gasteiger partial charge on any atom is -0.451 e. The van der Waals surface area contributed by atoms with Gasteiger partial charge in [0.2, 0.25) is 0 Å². The van der Waals surface area contributed by atoms with Crippen LogP contribution in [0.5, 0.6) is 0 Å². The maximum atomic E-state index is 11.9. The number of nitrogens with one attached hydrogen (secondary N) is 1. The van der Waals surface area contributed by atoms with Crippen molar-refractivity contribution in [3.8, 4) is 0 Å². The highest BCUT2D eigenvalue weighted by atomic mass is 16.5. The van der Waals surface area contributed by atoms with Gasteiger partial charge in [0.05, 0.1) is 13.2 Å². The minimum atomic E-state index is -0.523. The summed E-state index contributed by atoms with van der Waals surface area (Å²) in [6, 6.07) is 11.0. The van der Waals surface area contributed by atoms with Crippen molar-refractivity contribution in [3.63, 3.8) is 0 Å². The van der Waals surface area contributed by atoms with Gasteiger partial charge in [0.1, 0.15) is 5.69 Å². The van der Waals surface area contributed by atoms with E-state index in [0.29, 0.717) is 11.4 Å². The lowest BCUT2D eigenvalue weighted by molar-refractivity contribution is -0.119. The number of amides is 1. The van der Waals surface area contributed by atoms with Gasteiger partial charge in [0, 0.05) is 37.7 Å². The van der Waals surface area contributed by atoms with Crippen molar-refractivity contribution in [1.82, 2.24) is 4.57 Å². The number of aryl methyl sites for hydroxylation is 1. The van der Waals surface area contributed by atoms with Gasteiger partial charge in [-0.2, -0.15) is 0 Å². The van der Waals surface area contributed by atoms with Crippen LogP contribution in [0.2, 0.25) is 0 Å². The molecule has 1 amide bonds. The molecule has 2 aromatic rings. The van der Waals surface area contributed by atoms with Crippen LogP contribution in [0, 0.1) is 0 Å². The normalized spacial score (nSPS) is 14.2. The van der Waals surface area contributed by atoms with E-state index in [1.165, 1.54) is 0 Å². The maximum absolute atomic E-state index is 11.9. The van der Waals surface area contributed by atoms with Gasteiger partial charge in [-0.3, -0.25) is 4.79 Å². The zero-order valence-electron chi connectivity index (χ0n) is 14.1. The largest absolute Gasteiger partial charge is 0.451 e. The van der Waals surface area contributed by atoms with Crippen molar-refractivity contribution in [2.45, 2.75) is 0 Å². The Morgan fingerprint density at radius 1 is 1.16 bits per heavy atom. The molecule has 0 spiro atoms. The highest BCUT2D eigenvalue weighted by molar-refractivity contribution is 5.95. The second kappa shape index (κ2) is 7.85. The Balaban J connectivity index is 1.49. The fourth-order valence-corrected chi connectivity index (χ4v) is 2.65. The van der Waals surface area contributed by atoms with Gasteiger partial charge in [-0.05, 0) is 36.4 Å². The van der Waals surface area contributed by atoms with E-state index in [0.717, 1.165) is 32.0 Å². The number of ether oxygens (including phenoxy) is 2. The average Bonchev–Trinajstić information content (AvgIpc) is 3.07. The number of nitrogens with zero attached hydrogens (tertiary/aromatic N) is 2. The summed E-state index contributed by atoms with van der Waals surface area (Å²) in [7, 11) is 1.74. The van der Waals surface area contributed by atoms with Crippen LogP contribution in [-0.4, -0.2) is 49.4 Å². The molecule has 7 heteroatoms. The minimum absolute atomic E-state index is 0.324. The molecule has 7 nitrogen and oxygen atoms in total. The molecule has 2 heterocycles. The first-order chi connectivity index (χ1) is 12.1. The molecular formula is C18H21N3O4. The van der Waals surface area contributed by atoms with Crippen LogP contribution in [0.15, 0.2) is 42.6 Å². The van der Waals surface area contributed by atoms with E-state index in [-0.39, 0.29) is 12.5 Å². The lowest BCUT2D eigenvalue weighted by Gasteiger charge is -2.28. The van der Waals surface area contributed by atoms with Gasteiger partial charge < -0.3 is 24.3 Å². The molecule has 1 aromatic heterocycles. The smallest absolute Gasteiger partial charge is 0.355 e. The number of carbonyl (C=O) groups excluding carboxylic acids is 2. The van der Waals surface area contributed by atoms with Gasteiger partial charge >= 0.3 is 5.97 Å². The summed E-state index contributed by atoms with van der Waals surface area (Å²) in [6.45, 7) is 2.85. The lowest BCUT2D eigenvalue weighted by Crippen LogP contribution is -2.36. The number of rotatable bonds is 5. The molecule has 1 aliphatic rings. The van der Waals surface area contributed by atoms with Crippen molar-refractivity contribution in [3.05, 3.63) is 48.3 Å². The zero-order valence-corrected chi connectivity index (χ0v) is 14.1. The Bertz CT molecular complexity index is 733. The molecule has 3 rings (SSSR count). The monoisotopic (exact) mass is 343 g/mol. The van der Waals surface area contributed by atoms with Crippen LogP contribution < -0.4 is 10.2 Å². The second-order valence-corrected chi connectivity index (χ2v) is 5.77. The summed E-state index contributed by atoms with van der Waals surface area (Å²) in [5.41, 5.74) is 2.16. The summed E-state index contributed by atoms with van der Waals surface area (Å²) < 4.78 is 12.0. The number of hydrogen-bond donors (Lipinski definition) is 1. The molecule has 0 bridgehead atoms. The third-order valence-corrected chi connectivity index (χ3v) is 4.01. The van der Waals surface area contributed by atoms with Crippen molar-refractivity contribution in [1.29, 1.82) is 0 Å². The Morgan fingerprint density at radius 2 is 1.88 bits per heavy atom. The SMILES string of the molecule is Cn1cccc1C(=O)OCC(=O)Nc1ccc(N2CCOCC2)cc1. The highest BCUT2D eigenvalue weighted by Gasteiger charge is 2.14. The van der Waals surface area contributed by atoms with Gasteiger partial charge in [-0.25, -0.2) is 4.79 Å². The molecule has 1 aromatic carbocycles. The molecule has 1 fully saturated rings. The molecule has 0 aliphatic carbocycles. The van der Waals surface area contributed by atoms with Crippen molar-refractivity contribution in [2.24, 2.45) is 7.05 Å². The summed E-state index contributed by atoms with van der Waals surface area (Å²) in [5, 5.41) is 2.72. The van der Waals surface area contributed by atoms with Crippen LogP contribution >= 0.6 is 0 Å². The van der Waals surface area contributed by atoms with Gasteiger partial charge in [0.15, 0.2) is 6.61 Å². The molecule has 1 aliphatic heterocycles. The van der Waals surface area contributed by atoms with E-state index in [1.807, 2.05) is 24.3 Å². The van der Waals surface area contributed by atoms with Crippen LogP contribution in [-0.2, 0) is 21.3 Å². The lowest BCUT2D eigenvalue weighted by atomic mass is 10.2. The Kier molecular flexibility index (Phi) is 5.35. The average molecular weight is 343 g/mol. The number of esters is 1.